The van der Waals surface area contributed by atoms with E-state index in [1.807, 2.05) is 20.0 Å². The highest BCUT2D eigenvalue weighted by Gasteiger charge is 2.56. The summed E-state index contributed by atoms with van der Waals surface area (Å²) in [5, 5.41) is 7.48. The van der Waals surface area contributed by atoms with E-state index in [1.54, 1.807) is 0 Å². The summed E-state index contributed by atoms with van der Waals surface area (Å²) in [4.78, 5) is 9.46. The number of nitrogens with zero attached hydrogens (tertiary/aromatic N) is 4. The van der Waals surface area contributed by atoms with Crippen LogP contribution in [0.5, 0.6) is 0 Å². The summed E-state index contributed by atoms with van der Waals surface area (Å²) < 4.78 is 2.18. The van der Waals surface area contributed by atoms with Crippen LogP contribution >= 0.6 is 0 Å². The molecule has 8 aromatic rings. The molecule has 10 rings (SSSR count). The minimum absolute atomic E-state index is 0.326. The van der Waals surface area contributed by atoms with Gasteiger partial charge in [0.2, 0.25) is 5.69 Å². The Morgan fingerprint density at radius 3 is 1.95 bits per heavy atom. The topological polar surface area (TPSA) is 23.2 Å². The molecule has 78 heavy (non-hydrogen) atoms. The van der Waals surface area contributed by atoms with Gasteiger partial charge in [-0.15, -0.1) is 25.0 Å². The first-order valence-corrected chi connectivity index (χ1v) is 27.8. The summed E-state index contributed by atoms with van der Waals surface area (Å²) in [6, 6.07) is 54.6. The molecule has 0 N–H and O–H groups in total. The number of aryl methyl sites for hydroxylation is 2. The molecule has 3 atom stereocenters. The number of pyridine rings is 2. The fraction of sp³-hybridized carbons (Fsp3) is 0.243. The van der Waals surface area contributed by atoms with Crippen LogP contribution < -0.4 is 24.8 Å². The highest BCUT2D eigenvalue weighted by molar-refractivity contribution is 5.93. The van der Waals surface area contributed by atoms with Gasteiger partial charge < -0.3 is 9.80 Å². The molecule has 1 fully saturated rings. The number of hydrogen-bond donors (Lipinski definition) is 0. The second-order valence-electron chi connectivity index (χ2n) is 20.4. The lowest BCUT2D eigenvalue weighted by Crippen LogP contribution is -2.32. The maximum Gasteiger partial charge on any atom is 0.212 e. The number of rotatable bonds is 12. The third-order valence-corrected chi connectivity index (χ3v) is 15.5. The molecule has 0 saturated heterocycles. The molecule has 2 aromatic heterocycles. The van der Waals surface area contributed by atoms with Crippen molar-refractivity contribution in [3.63, 3.8) is 0 Å². The van der Waals surface area contributed by atoms with Gasteiger partial charge in [-0.25, -0.2) is 4.57 Å². The lowest BCUT2D eigenvalue weighted by molar-refractivity contribution is -0.660. The predicted octanol–water partition coefficient (Wildman–Crippen LogP) is 18.0. The van der Waals surface area contributed by atoms with E-state index in [2.05, 4.69) is 302 Å². The molecule has 4 heteroatoms. The number of fused-ring (bicyclic) bond motifs is 2. The van der Waals surface area contributed by atoms with E-state index in [0.717, 1.165) is 41.5 Å². The number of anilines is 4. The lowest BCUT2D eigenvalue weighted by Gasteiger charge is -2.31. The molecule has 4 nitrogen and oxygen atoms in total. The first-order valence-electron chi connectivity index (χ1n) is 27.8. The first-order chi connectivity index (χ1) is 38.0. The van der Waals surface area contributed by atoms with Crippen LogP contribution in [0.4, 0.5) is 22.7 Å². The molecule has 0 amide bonds. The van der Waals surface area contributed by atoms with Gasteiger partial charge in [0, 0.05) is 59.5 Å². The van der Waals surface area contributed by atoms with Crippen LogP contribution in [0.25, 0.3) is 56.1 Å². The van der Waals surface area contributed by atoms with Crippen molar-refractivity contribution >= 4 is 67.6 Å². The monoisotopic (exact) mass is 1030 g/mol. The average Bonchev–Trinajstić information content (AvgIpc) is 4.41. The Hall–Kier alpha value is -8.26. The van der Waals surface area contributed by atoms with Gasteiger partial charge in [0.25, 0.3) is 0 Å². The van der Waals surface area contributed by atoms with Crippen LogP contribution in [0.3, 0.4) is 0 Å². The number of aromatic nitrogens is 2. The average molecular weight is 1030 g/mol. The van der Waals surface area contributed by atoms with Gasteiger partial charge in [0.15, 0.2) is 6.20 Å². The van der Waals surface area contributed by atoms with E-state index in [0.29, 0.717) is 11.3 Å². The third kappa shape index (κ3) is 13.1. The molecular formula is C74H81N4+. The van der Waals surface area contributed by atoms with Crippen molar-refractivity contribution in [2.75, 3.05) is 16.8 Å². The standard InChI is InChI=1S/C43H38N3.C25H33N.C4H6.C2H4/c1-31-19-22-38(29-42(31)43-18-9-10-25-44(43)3)45(4)30-32(2)35-16-11-17-39(26-35)46(40-23-20-33-12-5-7-14-36(33)27-40)41-24-21-34-13-6-8-15-37(34)28-41;1-6-10-14-25(17-20(25)8-3)23-12-11-18(5)16-22(23)24-21(9-4)19(7-2)13-15-26-24;1-3-4-2;1-2/h5-30H,1-4H3;7,9-11,13-16,20,23H,6,8,12,17H2,1-5H3;1-2H3;1-2H2/q+1;;;/b32-30+;14-10?,19-7-,21-9+;;. The van der Waals surface area contributed by atoms with E-state index in [4.69, 9.17) is 4.98 Å². The SMILES string of the molecule is C/C(=C\N(C)c1ccc(C)c(-c2cccc[n+]2C)c1)c1cccc(N(c2ccc3ccccc3c2)c2ccc3ccccc3c2)c1.C/C=c1/ccnc(C2=CC(C)=CCC2C2(C=CCC)CC2CC)/c1=C/C.C=C.CC#CC. The Bertz CT molecular complexity index is 3600. The second kappa shape index (κ2) is 27.2. The quantitative estimate of drug-likeness (QED) is 0.0692. The van der Waals surface area contributed by atoms with E-state index >= 15 is 0 Å². The molecule has 0 bridgehead atoms. The van der Waals surface area contributed by atoms with Crippen molar-refractivity contribution in [3.8, 4) is 23.1 Å². The maximum atomic E-state index is 4.87. The van der Waals surface area contributed by atoms with Crippen molar-refractivity contribution < 1.29 is 4.57 Å². The smallest absolute Gasteiger partial charge is 0.212 e. The fourth-order valence-corrected chi connectivity index (χ4v) is 11.1. The molecule has 0 radical (unpaired) electrons. The third-order valence-electron chi connectivity index (χ3n) is 15.5. The minimum Gasteiger partial charge on any atom is -0.351 e. The molecule has 6 aromatic carbocycles. The summed E-state index contributed by atoms with van der Waals surface area (Å²) in [5.74, 6) is 6.71. The number of benzene rings is 6. The van der Waals surface area contributed by atoms with Gasteiger partial charge in [-0.2, -0.15) is 0 Å². The van der Waals surface area contributed by atoms with Crippen LogP contribution in [0.2, 0.25) is 0 Å². The maximum absolute atomic E-state index is 4.87. The molecule has 3 unspecified atom stereocenters. The van der Waals surface area contributed by atoms with Gasteiger partial charge in [-0.1, -0.05) is 141 Å². The van der Waals surface area contributed by atoms with Crippen molar-refractivity contribution in [2.45, 2.75) is 88.0 Å². The van der Waals surface area contributed by atoms with Crippen molar-refractivity contribution in [1.29, 1.82) is 0 Å². The van der Waals surface area contributed by atoms with Gasteiger partial charge in [0.05, 0.1) is 11.3 Å². The Labute approximate surface area is 467 Å². The first kappa shape index (κ1) is 57.4. The van der Waals surface area contributed by atoms with Crippen LogP contribution in [-0.4, -0.2) is 12.0 Å². The number of allylic oxidation sites excluding steroid dienone is 7. The zero-order valence-corrected chi connectivity index (χ0v) is 48.3. The van der Waals surface area contributed by atoms with Gasteiger partial charge >= 0.3 is 0 Å². The van der Waals surface area contributed by atoms with E-state index in [9.17, 15) is 0 Å². The Morgan fingerprint density at radius 2 is 1.36 bits per heavy atom. The van der Waals surface area contributed by atoms with Crippen LogP contribution in [-0.2, 0) is 7.05 Å². The van der Waals surface area contributed by atoms with Crippen LogP contribution in [0.1, 0.15) is 97.9 Å². The summed E-state index contributed by atoms with van der Waals surface area (Å²) >= 11 is 0. The van der Waals surface area contributed by atoms with Crippen LogP contribution in [0.15, 0.2) is 213 Å². The van der Waals surface area contributed by atoms with Gasteiger partial charge in [-0.3, -0.25) is 4.98 Å². The molecule has 396 valence electrons. The van der Waals surface area contributed by atoms with Crippen molar-refractivity contribution in [3.05, 3.63) is 241 Å². The van der Waals surface area contributed by atoms with Gasteiger partial charge in [-0.05, 0) is 195 Å². The molecule has 2 aliphatic rings. The molecule has 1 saturated carbocycles. The highest BCUT2D eigenvalue weighted by Crippen LogP contribution is 2.65. The molecule has 2 heterocycles. The molecule has 0 spiro atoms. The van der Waals surface area contributed by atoms with Crippen molar-refractivity contribution in [1.82, 2.24) is 4.98 Å². The largest absolute Gasteiger partial charge is 0.351 e. The lowest BCUT2D eigenvalue weighted by atomic mass is 9.73. The Morgan fingerprint density at radius 1 is 0.731 bits per heavy atom. The Kier molecular flexibility index (Phi) is 20.0. The minimum atomic E-state index is 0.326. The normalized spacial score (nSPS) is 17.0. The fourth-order valence-electron chi connectivity index (χ4n) is 11.1. The van der Waals surface area contributed by atoms with E-state index in [-0.39, 0.29) is 0 Å². The summed E-state index contributed by atoms with van der Waals surface area (Å²) in [6.45, 7) is 25.1. The van der Waals surface area contributed by atoms with Gasteiger partial charge in [0.1, 0.15) is 7.05 Å². The molecular weight excluding hydrogens is 945 g/mol. The van der Waals surface area contributed by atoms with Crippen molar-refractivity contribution in [2.24, 2.45) is 24.3 Å². The predicted molar refractivity (Wildman–Crippen MR) is 340 cm³/mol. The summed E-state index contributed by atoms with van der Waals surface area (Å²) in [5.41, 5.74) is 14.9. The summed E-state index contributed by atoms with van der Waals surface area (Å²) in [7, 11) is 4.23. The molecule has 2 aliphatic carbocycles. The zero-order chi connectivity index (χ0) is 55.8. The van der Waals surface area contributed by atoms with Crippen LogP contribution in [0, 0.1) is 36.0 Å². The molecule has 0 aliphatic heterocycles. The zero-order valence-electron chi connectivity index (χ0n) is 48.3. The number of hydrogen-bond acceptors (Lipinski definition) is 3. The van der Waals surface area contributed by atoms with E-state index < -0.39 is 0 Å². The summed E-state index contributed by atoms with van der Waals surface area (Å²) in [6.07, 6.45) is 25.3. The van der Waals surface area contributed by atoms with E-state index in [1.165, 1.54) is 89.6 Å². The highest BCUT2D eigenvalue weighted by atomic mass is 15.1. The Balaban J connectivity index is 0.000000233. The second-order valence-corrected chi connectivity index (χ2v) is 20.4.